The number of carbonyl (C=O) groups is 1. The molecule has 3 aromatic rings. The third-order valence-corrected chi connectivity index (χ3v) is 3.11. The van der Waals surface area contributed by atoms with Crippen molar-refractivity contribution in [3.63, 3.8) is 0 Å². The van der Waals surface area contributed by atoms with E-state index in [0.717, 1.165) is 5.56 Å². The summed E-state index contributed by atoms with van der Waals surface area (Å²) in [6.07, 6.45) is 0. The highest BCUT2D eigenvalue weighted by atomic mass is 32.1. The maximum atomic E-state index is 11.9. The second-order valence-corrected chi connectivity index (χ2v) is 4.76. The molecule has 0 fully saturated rings. The Kier molecular flexibility index (Phi) is 3.21. The number of nitrogens with zero attached hydrogens (tertiary/aromatic N) is 4. The predicted octanol–water partition coefficient (Wildman–Crippen LogP) is 2.15. The van der Waals surface area contributed by atoms with Crippen molar-refractivity contribution in [2.24, 2.45) is 0 Å². The molecule has 2 aromatic heterocycles. The minimum absolute atomic E-state index is 0.241. The highest BCUT2D eigenvalue weighted by Crippen LogP contribution is 2.18. The van der Waals surface area contributed by atoms with E-state index in [2.05, 4.69) is 25.7 Å². The van der Waals surface area contributed by atoms with Crippen LogP contribution in [0, 0.1) is 6.92 Å². The van der Waals surface area contributed by atoms with Crippen LogP contribution in [-0.2, 0) is 0 Å². The number of amides is 1. The molecule has 3 rings (SSSR count). The maximum absolute atomic E-state index is 11.9. The quantitative estimate of drug-likeness (QED) is 0.793. The lowest BCUT2D eigenvalue weighted by Crippen LogP contribution is -2.11. The van der Waals surface area contributed by atoms with E-state index in [1.54, 1.807) is 36.7 Å². The molecule has 1 aromatic carbocycles. The normalized spacial score (nSPS) is 10.4. The Morgan fingerprint density at radius 2 is 2.10 bits per heavy atom. The van der Waals surface area contributed by atoms with Crippen LogP contribution in [0.5, 0.6) is 0 Å². The Balaban J connectivity index is 1.77. The first-order valence-corrected chi connectivity index (χ1v) is 6.58. The number of nitrogens with one attached hydrogen (secondary N) is 1. The summed E-state index contributed by atoms with van der Waals surface area (Å²) in [4.78, 5) is 16.1. The average Bonchev–Trinajstić information content (AvgIpc) is 3.10. The molecule has 0 aliphatic rings. The lowest BCUT2D eigenvalue weighted by atomic mass is 10.1. The van der Waals surface area contributed by atoms with Gasteiger partial charge in [0.2, 0.25) is 5.13 Å². The summed E-state index contributed by atoms with van der Waals surface area (Å²) in [6, 6.07) is 6.88. The van der Waals surface area contributed by atoms with Gasteiger partial charge in [-0.15, -0.1) is 10.2 Å². The van der Waals surface area contributed by atoms with Crippen LogP contribution in [-0.4, -0.2) is 26.2 Å². The van der Waals surface area contributed by atoms with Gasteiger partial charge in [0.25, 0.3) is 11.8 Å². The summed E-state index contributed by atoms with van der Waals surface area (Å²) < 4.78 is 5.06. The van der Waals surface area contributed by atoms with Crippen molar-refractivity contribution in [1.29, 1.82) is 0 Å². The van der Waals surface area contributed by atoms with Gasteiger partial charge in [-0.1, -0.05) is 16.5 Å². The van der Waals surface area contributed by atoms with Crippen molar-refractivity contribution in [2.45, 2.75) is 6.92 Å². The van der Waals surface area contributed by atoms with E-state index >= 15 is 0 Å². The number of aryl methyl sites for hydroxylation is 1. The minimum Gasteiger partial charge on any atom is -0.334 e. The highest BCUT2D eigenvalue weighted by Gasteiger charge is 2.10. The molecule has 1 N–H and O–H groups in total. The second-order valence-electron chi connectivity index (χ2n) is 3.92. The zero-order chi connectivity index (χ0) is 13.9. The summed E-state index contributed by atoms with van der Waals surface area (Å²) in [5.74, 6) is 0.756. The van der Waals surface area contributed by atoms with Gasteiger partial charge in [-0.2, -0.15) is 4.98 Å². The topological polar surface area (TPSA) is 93.8 Å². The molecule has 0 aliphatic heterocycles. The van der Waals surface area contributed by atoms with Crippen molar-refractivity contribution < 1.29 is 9.32 Å². The van der Waals surface area contributed by atoms with Gasteiger partial charge in [-0.05, 0) is 31.2 Å². The van der Waals surface area contributed by atoms with Crippen LogP contribution in [0.25, 0.3) is 11.5 Å². The van der Waals surface area contributed by atoms with Crippen LogP contribution in [0.15, 0.2) is 34.3 Å². The number of anilines is 1. The molecule has 100 valence electrons. The van der Waals surface area contributed by atoms with Crippen molar-refractivity contribution in [1.82, 2.24) is 20.3 Å². The molecule has 20 heavy (non-hydrogen) atoms. The maximum Gasteiger partial charge on any atom is 0.257 e. The Morgan fingerprint density at radius 3 is 2.70 bits per heavy atom. The summed E-state index contributed by atoms with van der Waals surface area (Å²) >= 11 is 1.26. The molecule has 2 heterocycles. The fourth-order valence-electron chi connectivity index (χ4n) is 1.58. The smallest absolute Gasteiger partial charge is 0.257 e. The molecule has 7 nitrogen and oxygen atoms in total. The average molecular weight is 287 g/mol. The SMILES string of the molecule is Cc1noc(-c2ccc(C(=O)Nc3nncs3)cc2)n1. The Labute approximate surface area is 117 Å². The van der Waals surface area contributed by atoms with Crippen molar-refractivity contribution in [3.8, 4) is 11.5 Å². The standard InChI is InChI=1S/C12H9N5O2S/c1-7-14-11(19-17-7)9-4-2-8(3-5-9)10(18)15-12-16-13-6-20-12/h2-6H,1H3,(H,15,16,18). The van der Waals surface area contributed by atoms with Crippen LogP contribution >= 0.6 is 11.3 Å². The molecule has 8 heteroatoms. The molecule has 0 unspecified atom stereocenters. The van der Waals surface area contributed by atoms with Crippen LogP contribution in [0.4, 0.5) is 5.13 Å². The number of rotatable bonds is 3. The van der Waals surface area contributed by atoms with Gasteiger partial charge in [0.05, 0.1) is 0 Å². The van der Waals surface area contributed by atoms with E-state index in [4.69, 9.17) is 4.52 Å². The second kappa shape index (κ2) is 5.17. The molecule has 0 atom stereocenters. The van der Waals surface area contributed by atoms with Crippen LogP contribution in [0.3, 0.4) is 0 Å². The number of carbonyl (C=O) groups excluding carboxylic acids is 1. The molecule has 0 radical (unpaired) electrons. The molecular formula is C12H9N5O2S. The molecule has 0 spiro atoms. The van der Waals surface area contributed by atoms with Crippen LogP contribution < -0.4 is 5.32 Å². The largest absolute Gasteiger partial charge is 0.334 e. The number of hydrogen-bond donors (Lipinski definition) is 1. The van der Waals surface area contributed by atoms with Crippen molar-refractivity contribution in [3.05, 3.63) is 41.2 Å². The molecule has 0 saturated carbocycles. The lowest BCUT2D eigenvalue weighted by molar-refractivity contribution is 0.102. The molecule has 1 amide bonds. The monoisotopic (exact) mass is 287 g/mol. The van der Waals surface area contributed by atoms with Crippen LogP contribution in [0.1, 0.15) is 16.2 Å². The summed E-state index contributed by atoms with van der Waals surface area (Å²) in [6.45, 7) is 1.75. The third kappa shape index (κ3) is 2.54. The Morgan fingerprint density at radius 1 is 1.30 bits per heavy atom. The number of benzene rings is 1. The Hall–Kier alpha value is -2.61. The fraction of sp³-hybridized carbons (Fsp3) is 0.0833. The molecule has 0 bridgehead atoms. The van der Waals surface area contributed by atoms with Gasteiger partial charge in [-0.25, -0.2) is 0 Å². The first kappa shape index (κ1) is 12.4. The fourth-order valence-corrected chi connectivity index (χ4v) is 2.02. The van der Waals surface area contributed by atoms with E-state index in [1.807, 2.05) is 0 Å². The number of aromatic nitrogens is 4. The zero-order valence-electron chi connectivity index (χ0n) is 10.4. The minimum atomic E-state index is -0.241. The van der Waals surface area contributed by atoms with E-state index < -0.39 is 0 Å². The van der Waals surface area contributed by atoms with E-state index in [9.17, 15) is 4.79 Å². The van der Waals surface area contributed by atoms with Gasteiger partial charge >= 0.3 is 0 Å². The van der Waals surface area contributed by atoms with Gasteiger partial charge in [0.15, 0.2) is 5.82 Å². The van der Waals surface area contributed by atoms with Crippen LogP contribution in [0.2, 0.25) is 0 Å². The van der Waals surface area contributed by atoms with Crippen molar-refractivity contribution in [2.75, 3.05) is 5.32 Å². The van der Waals surface area contributed by atoms with Gasteiger partial charge in [-0.3, -0.25) is 10.1 Å². The van der Waals surface area contributed by atoms with Gasteiger partial charge in [0, 0.05) is 11.1 Å². The molecular weight excluding hydrogens is 278 g/mol. The zero-order valence-corrected chi connectivity index (χ0v) is 11.2. The molecule has 0 saturated heterocycles. The summed E-state index contributed by atoms with van der Waals surface area (Å²) in [7, 11) is 0. The number of hydrogen-bond acceptors (Lipinski definition) is 7. The van der Waals surface area contributed by atoms with Gasteiger partial charge < -0.3 is 4.52 Å². The summed E-state index contributed by atoms with van der Waals surface area (Å²) in [5, 5.41) is 14.2. The lowest BCUT2D eigenvalue weighted by Gasteiger charge is -2.01. The Bertz CT molecular complexity index is 721. The van der Waals surface area contributed by atoms with E-state index in [1.165, 1.54) is 11.3 Å². The highest BCUT2D eigenvalue weighted by molar-refractivity contribution is 7.13. The predicted molar refractivity (Wildman–Crippen MR) is 72.3 cm³/mol. The molecule has 0 aliphatic carbocycles. The third-order valence-electron chi connectivity index (χ3n) is 2.50. The van der Waals surface area contributed by atoms with E-state index in [0.29, 0.717) is 22.4 Å². The van der Waals surface area contributed by atoms with E-state index in [-0.39, 0.29) is 5.91 Å². The van der Waals surface area contributed by atoms with Gasteiger partial charge in [0.1, 0.15) is 5.51 Å². The summed E-state index contributed by atoms with van der Waals surface area (Å²) in [5.41, 5.74) is 2.83. The first-order chi connectivity index (χ1) is 9.72. The first-order valence-electron chi connectivity index (χ1n) is 5.70. The van der Waals surface area contributed by atoms with Crippen molar-refractivity contribution >= 4 is 22.4 Å².